The van der Waals surface area contributed by atoms with Crippen molar-refractivity contribution < 1.29 is 9.53 Å². The number of ether oxygens (including phenoxy) is 1. The van der Waals surface area contributed by atoms with Crippen LogP contribution >= 0.6 is 11.8 Å². The lowest BCUT2D eigenvalue weighted by atomic mass is 9.98. The quantitative estimate of drug-likeness (QED) is 0.566. The molecule has 0 aromatic heterocycles. The first-order valence-electron chi connectivity index (χ1n) is 8.94. The van der Waals surface area contributed by atoms with E-state index in [9.17, 15) is 4.79 Å². The van der Waals surface area contributed by atoms with E-state index in [0.717, 1.165) is 21.8 Å². The topological polar surface area (TPSA) is 38.3 Å². The van der Waals surface area contributed by atoms with E-state index < -0.39 is 0 Å². The molecular formula is C23H23NO2S. The maximum absolute atomic E-state index is 13.0. The van der Waals surface area contributed by atoms with Gasteiger partial charge in [0.2, 0.25) is 0 Å². The minimum atomic E-state index is -0.232. The Kier molecular flexibility index (Phi) is 6.55. The fraction of sp³-hybridized carbons (Fsp3) is 0.174. The monoisotopic (exact) mass is 377 g/mol. The molecule has 0 aliphatic rings. The van der Waals surface area contributed by atoms with Crippen molar-refractivity contribution in [2.75, 3.05) is 12.9 Å². The third kappa shape index (κ3) is 4.72. The highest BCUT2D eigenvalue weighted by Gasteiger charge is 2.19. The molecule has 0 saturated carbocycles. The van der Waals surface area contributed by atoms with Gasteiger partial charge in [0.1, 0.15) is 5.75 Å². The second kappa shape index (κ2) is 9.28. The molecule has 1 amide bonds. The van der Waals surface area contributed by atoms with E-state index in [2.05, 4.69) is 5.32 Å². The average Bonchev–Trinajstić information content (AvgIpc) is 2.73. The van der Waals surface area contributed by atoms with E-state index >= 15 is 0 Å². The van der Waals surface area contributed by atoms with Gasteiger partial charge in [0.25, 0.3) is 5.91 Å². The average molecular weight is 378 g/mol. The highest BCUT2D eigenvalue weighted by atomic mass is 32.2. The molecular weight excluding hydrogens is 354 g/mol. The first kappa shape index (κ1) is 19.1. The van der Waals surface area contributed by atoms with Crippen LogP contribution in [-0.2, 0) is 0 Å². The van der Waals surface area contributed by atoms with Gasteiger partial charge in [0.15, 0.2) is 0 Å². The molecule has 4 heteroatoms. The van der Waals surface area contributed by atoms with Crippen molar-refractivity contribution in [3.8, 4) is 5.75 Å². The highest BCUT2D eigenvalue weighted by molar-refractivity contribution is 7.98. The van der Waals surface area contributed by atoms with Crippen LogP contribution in [0.15, 0.2) is 83.8 Å². The lowest BCUT2D eigenvalue weighted by Crippen LogP contribution is -2.29. The van der Waals surface area contributed by atoms with Crippen molar-refractivity contribution in [3.05, 3.63) is 95.6 Å². The number of benzene rings is 3. The van der Waals surface area contributed by atoms with Gasteiger partial charge in [-0.3, -0.25) is 4.79 Å². The molecule has 0 heterocycles. The predicted molar refractivity (Wildman–Crippen MR) is 112 cm³/mol. The molecule has 0 bridgehead atoms. The molecule has 138 valence electrons. The van der Waals surface area contributed by atoms with Gasteiger partial charge in [-0.25, -0.2) is 0 Å². The SMILES string of the molecule is CCOc1ccc(C(NC(=O)c2ccccc2SC)c2ccccc2)cc1. The van der Waals surface area contributed by atoms with E-state index in [-0.39, 0.29) is 11.9 Å². The maximum atomic E-state index is 13.0. The van der Waals surface area contributed by atoms with Crippen molar-refractivity contribution >= 4 is 17.7 Å². The summed E-state index contributed by atoms with van der Waals surface area (Å²) >= 11 is 1.57. The van der Waals surface area contributed by atoms with E-state index in [0.29, 0.717) is 12.2 Å². The van der Waals surface area contributed by atoms with Crippen molar-refractivity contribution in [2.45, 2.75) is 17.9 Å². The lowest BCUT2D eigenvalue weighted by molar-refractivity contribution is 0.0940. The summed E-state index contributed by atoms with van der Waals surface area (Å²) in [5.41, 5.74) is 2.74. The summed E-state index contributed by atoms with van der Waals surface area (Å²) in [4.78, 5) is 14.0. The highest BCUT2D eigenvalue weighted by Crippen LogP contribution is 2.26. The summed E-state index contributed by atoms with van der Waals surface area (Å²) in [6.45, 7) is 2.59. The van der Waals surface area contributed by atoms with E-state index in [4.69, 9.17) is 4.74 Å². The summed E-state index contributed by atoms with van der Waals surface area (Å²) in [6.07, 6.45) is 1.98. The van der Waals surface area contributed by atoms with Crippen LogP contribution in [0, 0.1) is 0 Å². The number of nitrogens with one attached hydrogen (secondary N) is 1. The number of carbonyl (C=O) groups excluding carboxylic acids is 1. The Morgan fingerprint density at radius 1 is 0.926 bits per heavy atom. The molecule has 0 fully saturated rings. The first-order chi connectivity index (χ1) is 13.2. The number of hydrogen-bond donors (Lipinski definition) is 1. The molecule has 0 radical (unpaired) electrons. The minimum absolute atomic E-state index is 0.0808. The van der Waals surface area contributed by atoms with Crippen molar-refractivity contribution in [1.82, 2.24) is 5.32 Å². The van der Waals surface area contributed by atoms with Gasteiger partial charge < -0.3 is 10.1 Å². The van der Waals surface area contributed by atoms with Crippen LogP contribution in [0.4, 0.5) is 0 Å². The predicted octanol–water partition coefficient (Wildman–Crippen LogP) is 5.33. The third-order valence-electron chi connectivity index (χ3n) is 4.28. The normalized spacial score (nSPS) is 11.6. The number of thioether (sulfide) groups is 1. The Hall–Kier alpha value is -2.72. The summed E-state index contributed by atoms with van der Waals surface area (Å²) in [6, 6.07) is 25.3. The zero-order valence-electron chi connectivity index (χ0n) is 15.5. The molecule has 0 spiro atoms. The molecule has 1 atom stereocenters. The Bertz CT molecular complexity index is 878. The number of rotatable bonds is 7. The van der Waals surface area contributed by atoms with Gasteiger partial charge in [-0.05, 0) is 48.6 Å². The second-order valence-electron chi connectivity index (χ2n) is 6.02. The van der Waals surface area contributed by atoms with Gasteiger partial charge in [-0.2, -0.15) is 0 Å². The van der Waals surface area contributed by atoms with Crippen LogP contribution in [0.3, 0.4) is 0 Å². The lowest BCUT2D eigenvalue weighted by Gasteiger charge is -2.21. The summed E-state index contributed by atoms with van der Waals surface area (Å²) in [7, 11) is 0. The molecule has 3 aromatic carbocycles. The number of carbonyl (C=O) groups is 1. The van der Waals surface area contributed by atoms with Crippen LogP contribution in [0.1, 0.15) is 34.5 Å². The van der Waals surface area contributed by atoms with Crippen LogP contribution in [0.2, 0.25) is 0 Å². The van der Waals surface area contributed by atoms with Crippen LogP contribution in [-0.4, -0.2) is 18.8 Å². The van der Waals surface area contributed by atoms with Crippen LogP contribution < -0.4 is 10.1 Å². The van der Waals surface area contributed by atoms with Crippen molar-refractivity contribution in [1.29, 1.82) is 0 Å². The molecule has 0 aliphatic heterocycles. The van der Waals surface area contributed by atoms with E-state index in [1.54, 1.807) is 11.8 Å². The smallest absolute Gasteiger partial charge is 0.253 e. The van der Waals surface area contributed by atoms with E-state index in [1.807, 2.05) is 92.0 Å². The van der Waals surface area contributed by atoms with Gasteiger partial charge >= 0.3 is 0 Å². The number of hydrogen-bond acceptors (Lipinski definition) is 3. The molecule has 3 nitrogen and oxygen atoms in total. The molecule has 0 aliphatic carbocycles. The van der Waals surface area contributed by atoms with Gasteiger partial charge in [0, 0.05) is 4.90 Å². The van der Waals surface area contributed by atoms with Crippen molar-refractivity contribution in [2.24, 2.45) is 0 Å². The van der Waals surface area contributed by atoms with Gasteiger partial charge in [-0.1, -0.05) is 54.6 Å². The van der Waals surface area contributed by atoms with Gasteiger partial charge in [-0.15, -0.1) is 11.8 Å². The zero-order valence-corrected chi connectivity index (χ0v) is 16.3. The fourth-order valence-electron chi connectivity index (χ4n) is 2.97. The minimum Gasteiger partial charge on any atom is -0.494 e. The fourth-order valence-corrected chi connectivity index (χ4v) is 3.56. The summed E-state index contributed by atoms with van der Waals surface area (Å²) in [5, 5.41) is 3.20. The van der Waals surface area contributed by atoms with Crippen LogP contribution in [0.25, 0.3) is 0 Å². The molecule has 1 unspecified atom stereocenters. The third-order valence-corrected chi connectivity index (χ3v) is 5.08. The Balaban J connectivity index is 1.92. The second-order valence-corrected chi connectivity index (χ2v) is 6.87. The van der Waals surface area contributed by atoms with Gasteiger partial charge in [0.05, 0.1) is 18.2 Å². The summed E-state index contributed by atoms with van der Waals surface area (Å²) in [5.74, 6) is 0.745. The molecule has 3 rings (SSSR count). The van der Waals surface area contributed by atoms with E-state index in [1.165, 1.54) is 0 Å². The summed E-state index contributed by atoms with van der Waals surface area (Å²) < 4.78 is 5.54. The first-order valence-corrected chi connectivity index (χ1v) is 10.2. The zero-order chi connectivity index (χ0) is 19.1. The Morgan fingerprint density at radius 2 is 1.56 bits per heavy atom. The molecule has 3 aromatic rings. The molecule has 0 saturated heterocycles. The maximum Gasteiger partial charge on any atom is 0.253 e. The molecule has 1 N–H and O–H groups in total. The molecule has 27 heavy (non-hydrogen) atoms. The Labute approximate surface area is 164 Å². The largest absolute Gasteiger partial charge is 0.494 e. The van der Waals surface area contributed by atoms with Crippen molar-refractivity contribution in [3.63, 3.8) is 0 Å². The number of amides is 1. The Morgan fingerprint density at radius 3 is 2.22 bits per heavy atom. The standard InChI is InChI=1S/C23H23NO2S/c1-3-26-19-15-13-18(14-16-19)22(17-9-5-4-6-10-17)24-23(25)20-11-7-8-12-21(20)27-2/h4-16,22H,3H2,1-2H3,(H,24,25). The van der Waals surface area contributed by atoms with Crippen LogP contribution in [0.5, 0.6) is 5.75 Å².